The van der Waals surface area contributed by atoms with Gasteiger partial charge in [0, 0.05) is 30.7 Å². The largest absolute Gasteiger partial charge is 0.334 e. The molecule has 1 N–H and O–H groups in total. The number of carbonyl (C=O) groups is 1. The van der Waals surface area contributed by atoms with Crippen molar-refractivity contribution in [2.75, 3.05) is 6.54 Å². The fourth-order valence-electron chi connectivity index (χ4n) is 3.20. The molecule has 3 aromatic heterocycles. The number of nitrogens with one attached hydrogen (secondary N) is 1. The predicted octanol–water partition coefficient (Wildman–Crippen LogP) is 2.17. The number of rotatable bonds is 4. The molecular weight excluding hydrogens is 316 g/mol. The number of carbonyl (C=O) groups excluding carboxylic acids is 1. The Hall–Kier alpha value is -3.09. The van der Waals surface area contributed by atoms with Crippen LogP contribution in [0.2, 0.25) is 0 Å². The molecule has 7 nitrogen and oxygen atoms in total. The summed E-state index contributed by atoms with van der Waals surface area (Å²) < 4.78 is 0. The van der Waals surface area contributed by atoms with E-state index in [2.05, 4.69) is 25.1 Å². The Bertz CT molecular complexity index is 848. The summed E-state index contributed by atoms with van der Waals surface area (Å²) in [6, 6.07) is 9.56. The number of aromatic amines is 1. The van der Waals surface area contributed by atoms with Gasteiger partial charge in [0.05, 0.1) is 18.2 Å². The molecule has 0 bridgehead atoms. The van der Waals surface area contributed by atoms with Gasteiger partial charge in [-0.15, -0.1) is 0 Å². The average Bonchev–Trinajstić information content (AvgIpc) is 3.33. The molecule has 1 aliphatic heterocycles. The van der Waals surface area contributed by atoms with Gasteiger partial charge in [0.2, 0.25) is 5.91 Å². The maximum atomic E-state index is 12.7. The lowest BCUT2D eigenvalue weighted by molar-refractivity contribution is -0.131. The van der Waals surface area contributed by atoms with E-state index in [0.717, 1.165) is 30.6 Å². The third-order valence-corrected chi connectivity index (χ3v) is 4.39. The van der Waals surface area contributed by atoms with Crippen LogP contribution in [0.25, 0.3) is 11.4 Å². The lowest BCUT2D eigenvalue weighted by Crippen LogP contribution is -2.32. The number of nitrogens with zero attached hydrogens (tertiary/aromatic N) is 5. The van der Waals surface area contributed by atoms with Gasteiger partial charge in [0.15, 0.2) is 5.82 Å². The van der Waals surface area contributed by atoms with E-state index in [0.29, 0.717) is 11.6 Å². The SMILES string of the molecule is O=C(Cc1nc(-c2ccncc2)n[nH]1)N1CCC[C@@H]1c1ccccn1. The second-order valence-corrected chi connectivity index (χ2v) is 6.02. The molecule has 1 fully saturated rings. The van der Waals surface area contributed by atoms with Gasteiger partial charge in [-0.25, -0.2) is 4.98 Å². The summed E-state index contributed by atoms with van der Waals surface area (Å²) in [6.07, 6.45) is 7.30. The van der Waals surface area contributed by atoms with Crippen molar-refractivity contribution in [1.82, 2.24) is 30.0 Å². The van der Waals surface area contributed by atoms with Crippen molar-refractivity contribution in [3.05, 3.63) is 60.4 Å². The minimum absolute atomic E-state index is 0.0468. The van der Waals surface area contributed by atoms with Gasteiger partial charge in [0.1, 0.15) is 5.82 Å². The molecule has 0 aromatic carbocycles. The van der Waals surface area contributed by atoms with Crippen molar-refractivity contribution in [1.29, 1.82) is 0 Å². The first kappa shape index (κ1) is 15.4. The summed E-state index contributed by atoms with van der Waals surface area (Å²) >= 11 is 0. The van der Waals surface area contributed by atoms with Crippen LogP contribution in [0, 0.1) is 0 Å². The fourth-order valence-corrected chi connectivity index (χ4v) is 3.20. The van der Waals surface area contributed by atoms with E-state index in [1.54, 1.807) is 18.6 Å². The minimum atomic E-state index is 0.0468. The van der Waals surface area contributed by atoms with Crippen molar-refractivity contribution < 1.29 is 4.79 Å². The van der Waals surface area contributed by atoms with Gasteiger partial charge >= 0.3 is 0 Å². The smallest absolute Gasteiger partial charge is 0.230 e. The zero-order valence-corrected chi connectivity index (χ0v) is 13.7. The molecule has 0 spiro atoms. The van der Waals surface area contributed by atoms with Crippen molar-refractivity contribution in [3.63, 3.8) is 0 Å². The maximum absolute atomic E-state index is 12.7. The second-order valence-electron chi connectivity index (χ2n) is 6.02. The molecule has 0 saturated carbocycles. The number of hydrogen-bond acceptors (Lipinski definition) is 5. The van der Waals surface area contributed by atoms with Gasteiger partial charge in [-0.3, -0.25) is 19.9 Å². The third kappa shape index (κ3) is 3.26. The number of aromatic nitrogens is 5. The topological polar surface area (TPSA) is 87.7 Å². The van der Waals surface area contributed by atoms with Crippen LogP contribution in [-0.4, -0.2) is 42.5 Å². The maximum Gasteiger partial charge on any atom is 0.230 e. The molecule has 0 radical (unpaired) electrons. The summed E-state index contributed by atoms with van der Waals surface area (Å²) in [5.74, 6) is 1.20. The van der Waals surface area contributed by atoms with E-state index in [4.69, 9.17) is 0 Å². The summed E-state index contributed by atoms with van der Waals surface area (Å²) in [4.78, 5) is 27.5. The van der Waals surface area contributed by atoms with E-state index in [1.165, 1.54) is 0 Å². The summed E-state index contributed by atoms with van der Waals surface area (Å²) in [5, 5.41) is 7.06. The normalized spacial score (nSPS) is 17.0. The van der Waals surface area contributed by atoms with Crippen LogP contribution in [0.5, 0.6) is 0 Å². The van der Waals surface area contributed by atoms with Crippen molar-refractivity contribution in [2.45, 2.75) is 25.3 Å². The fraction of sp³-hybridized carbons (Fsp3) is 0.278. The monoisotopic (exact) mass is 334 g/mol. The zero-order valence-electron chi connectivity index (χ0n) is 13.7. The first-order valence-corrected chi connectivity index (χ1v) is 8.33. The van der Waals surface area contributed by atoms with Crippen LogP contribution in [-0.2, 0) is 11.2 Å². The molecule has 4 rings (SSSR count). The van der Waals surface area contributed by atoms with Crippen molar-refractivity contribution >= 4 is 5.91 Å². The highest BCUT2D eigenvalue weighted by atomic mass is 16.2. The Morgan fingerprint density at radius 1 is 1.20 bits per heavy atom. The van der Waals surface area contributed by atoms with Gasteiger partial charge in [-0.2, -0.15) is 5.10 Å². The van der Waals surface area contributed by atoms with Crippen LogP contribution in [0.4, 0.5) is 0 Å². The van der Waals surface area contributed by atoms with Crippen LogP contribution in [0.15, 0.2) is 48.9 Å². The van der Waals surface area contributed by atoms with Crippen LogP contribution in [0.1, 0.15) is 30.4 Å². The number of hydrogen-bond donors (Lipinski definition) is 1. The molecule has 0 aliphatic carbocycles. The summed E-state index contributed by atoms with van der Waals surface area (Å²) in [7, 11) is 0. The predicted molar refractivity (Wildman–Crippen MR) is 91.2 cm³/mol. The number of pyridine rings is 2. The number of amides is 1. The molecule has 3 aromatic rings. The highest BCUT2D eigenvalue weighted by Crippen LogP contribution is 2.31. The molecule has 1 saturated heterocycles. The molecule has 1 atom stereocenters. The van der Waals surface area contributed by atoms with Gasteiger partial charge < -0.3 is 4.90 Å². The van der Waals surface area contributed by atoms with E-state index in [1.807, 2.05) is 35.2 Å². The third-order valence-electron chi connectivity index (χ3n) is 4.39. The summed E-state index contributed by atoms with van der Waals surface area (Å²) in [5.41, 5.74) is 1.82. The van der Waals surface area contributed by atoms with Crippen LogP contribution < -0.4 is 0 Å². The van der Waals surface area contributed by atoms with Gasteiger partial charge in [-0.1, -0.05) is 6.07 Å². The van der Waals surface area contributed by atoms with E-state index >= 15 is 0 Å². The first-order valence-electron chi connectivity index (χ1n) is 8.33. The lowest BCUT2D eigenvalue weighted by Gasteiger charge is -2.23. The van der Waals surface area contributed by atoms with Crippen molar-refractivity contribution in [2.24, 2.45) is 0 Å². The highest BCUT2D eigenvalue weighted by Gasteiger charge is 2.31. The molecule has 7 heteroatoms. The van der Waals surface area contributed by atoms with Crippen molar-refractivity contribution in [3.8, 4) is 11.4 Å². The second kappa shape index (κ2) is 6.80. The first-order chi connectivity index (χ1) is 12.3. The highest BCUT2D eigenvalue weighted by molar-refractivity contribution is 5.78. The minimum Gasteiger partial charge on any atom is -0.334 e. The molecule has 126 valence electrons. The van der Waals surface area contributed by atoms with E-state index < -0.39 is 0 Å². The molecular formula is C18H18N6O. The molecule has 4 heterocycles. The Balaban J connectivity index is 1.48. The van der Waals surface area contributed by atoms with Gasteiger partial charge in [0.25, 0.3) is 0 Å². The molecule has 25 heavy (non-hydrogen) atoms. The Morgan fingerprint density at radius 3 is 2.88 bits per heavy atom. The van der Waals surface area contributed by atoms with E-state index in [9.17, 15) is 4.79 Å². The van der Waals surface area contributed by atoms with Crippen LogP contribution >= 0.6 is 0 Å². The standard InChI is InChI=1S/C18H18N6O/c25-17(24-11-3-5-15(24)14-4-1-2-8-20-14)12-16-21-18(23-22-16)13-6-9-19-10-7-13/h1-2,4,6-10,15H,3,5,11-12H2,(H,21,22,23)/t15-/m1/s1. The Labute approximate surface area is 145 Å². The lowest BCUT2D eigenvalue weighted by atomic mass is 10.1. The number of H-pyrrole nitrogens is 1. The molecule has 1 aliphatic rings. The molecule has 0 unspecified atom stereocenters. The van der Waals surface area contributed by atoms with Gasteiger partial charge in [-0.05, 0) is 37.1 Å². The Morgan fingerprint density at radius 2 is 2.08 bits per heavy atom. The van der Waals surface area contributed by atoms with E-state index in [-0.39, 0.29) is 18.4 Å². The quantitative estimate of drug-likeness (QED) is 0.790. The Kier molecular flexibility index (Phi) is 4.20. The summed E-state index contributed by atoms with van der Waals surface area (Å²) in [6.45, 7) is 0.755. The molecule has 1 amide bonds. The zero-order chi connectivity index (χ0) is 17.1. The average molecular weight is 334 g/mol. The van der Waals surface area contributed by atoms with Crippen LogP contribution in [0.3, 0.4) is 0 Å². The number of likely N-dealkylation sites (tertiary alicyclic amines) is 1.